The molecule has 1 heterocycles. The molecule has 32 heavy (non-hydrogen) atoms. The van der Waals surface area contributed by atoms with E-state index < -0.39 is 0 Å². The van der Waals surface area contributed by atoms with Crippen LogP contribution in [0.15, 0.2) is 42.5 Å². The Hall–Kier alpha value is -3.20. The molecule has 0 fully saturated rings. The smallest absolute Gasteiger partial charge is 0.319 e. The number of hydrogen-bond donors (Lipinski definition) is 2. The molecule has 0 saturated carbocycles. The minimum absolute atomic E-state index is 0.0640. The highest BCUT2D eigenvalue weighted by Gasteiger charge is 2.39. The summed E-state index contributed by atoms with van der Waals surface area (Å²) in [5.41, 5.74) is 3.94. The van der Waals surface area contributed by atoms with Crippen molar-refractivity contribution in [3.63, 3.8) is 0 Å². The van der Waals surface area contributed by atoms with Crippen molar-refractivity contribution in [3.8, 4) is 11.8 Å². The highest BCUT2D eigenvalue weighted by atomic mass is 16.5. The summed E-state index contributed by atoms with van der Waals surface area (Å²) >= 11 is 0. The SMILES string of the molecule is CCCCNC(=O)Nc1ccc(C2C(C#N)c3ccc(OCC)cc3N2CCCC)cc1. The lowest BCUT2D eigenvalue weighted by Crippen LogP contribution is -2.29. The van der Waals surface area contributed by atoms with Gasteiger partial charge in [0, 0.05) is 30.5 Å². The number of nitrogens with one attached hydrogen (secondary N) is 2. The monoisotopic (exact) mass is 434 g/mol. The quantitative estimate of drug-likeness (QED) is 0.451. The molecular weight excluding hydrogens is 400 g/mol. The first-order valence-electron chi connectivity index (χ1n) is 11.7. The highest BCUT2D eigenvalue weighted by Crippen LogP contribution is 2.50. The zero-order valence-corrected chi connectivity index (χ0v) is 19.4. The van der Waals surface area contributed by atoms with E-state index in [0.717, 1.165) is 60.5 Å². The van der Waals surface area contributed by atoms with Crippen molar-refractivity contribution >= 4 is 17.4 Å². The van der Waals surface area contributed by atoms with Gasteiger partial charge in [-0.25, -0.2) is 4.79 Å². The van der Waals surface area contributed by atoms with Crippen LogP contribution in [0.4, 0.5) is 16.2 Å². The second-order valence-corrected chi connectivity index (χ2v) is 8.11. The Bertz CT molecular complexity index is 936. The summed E-state index contributed by atoms with van der Waals surface area (Å²) in [6, 6.07) is 16.2. The average Bonchev–Trinajstić information content (AvgIpc) is 3.11. The van der Waals surface area contributed by atoms with Crippen LogP contribution in [-0.4, -0.2) is 25.7 Å². The van der Waals surface area contributed by atoms with Crippen molar-refractivity contribution in [1.82, 2.24) is 5.32 Å². The molecule has 0 bridgehead atoms. The van der Waals surface area contributed by atoms with Gasteiger partial charge in [-0.2, -0.15) is 5.26 Å². The number of urea groups is 1. The zero-order valence-electron chi connectivity index (χ0n) is 19.4. The van der Waals surface area contributed by atoms with Gasteiger partial charge in [0.05, 0.1) is 24.6 Å². The van der Waals surface area contributed by atoms with Gasteiger partial charge in [0.25, 0.3) is 0 Å². The standard InChI is InChI=1S/C26H34N4O2/c1-4-7-15-28-26(31)29-20-11-9-19(10-12-20)25-23(18-27)22-14-13-21(32-6-3)17-24(22)30(25)16-8-5-2/h9-14,17,23,25H,4-8,15-16H2,1-3H3,(H2,28,29,31). The predicted molar refractivity (Wildman–Crippen MR) is 129 cm³/mol. The second kappa shape index (κ2) is 11.4. The van der Waals surface area contributed by atoms with E-state index in [1.807, 2.05) is 43.3 Å². The molecule has 0 radical (unpaired) electrons. The van der Waals surface area contributed by atoms with Gasteiger partial charge in [-0.05, 0) is 49.1 Å². The van der Waals surface area contributed by atoms with Gasteiger partial charge in [0.15, 0.2) is 0 Å². The van der Waals surface area contributed by atoms with Crippen LogP contribution in [0.5, 0.6) is 5.75 Å². The normalized spacial score (nSPS) is 16.9. The first kappa shape index (κ1) is 23.5. The molecule has 6 nitrogen and oxygen atoms in total. The van der Waals surface area contributed by atoms with E-state index in [1.165, 1.54) is 0 Å². The van der Waals surface area contributed by atoms with Crippen LogP contribution in [0.25, 0.3) is 0 Å². The third kappa shape index (κ3) is 5.34. The summed E-state index contributed by atoms with van der Waals surface area (Å²) in [6.45, 7) is 8.40. The third-order valence-electron chi connectivity index (χ3n) is 5.83. The number of benzene rings is 2. The third-order valence-corrected chi connectivity index (χ3v) is 5.83. The number of ether oxygens (including phenoxy) is 1. The fourth-order valence-corrected chi connectivity index (χ4v) is 4.21. The van der Waals surface area contributed by atoms with Crippen molar-refractivity contribution in [2.24, 2.45) is 0 Å². The van der Waals surface area contributed by atoms with E-state index in [9.17, 15) is 10.1 Å². The predicted octanol–water partition coefficient (Wildman–Crippen LogP) is 5.98. The Morgan fingerprint density at radius 3 is 2.50 bits per heavy atom. The molecule has 2 unspecified atom stereocenters. The molecule has 2 aromatic carbocycles. The van der Waals surface area contributed by atoms with Crippen molar-refractivity contribution in [3.05, 3.63) is 53.6 Å². The van der Waals surface area contributed by atoms with Crippen LogP contribution in [-0.2, 0) is 0 Å². The summed E-state index contributed by atoms with van der Waals surface area (Å²) in [7, 11) is 0. The lowest BCUT2D eigenvalue weighted by molar-refractivity contribution is 0.252. The molecular formula is C26H34N4O2. The van der Waals surface area contributed by atoms with Crippen molar-refractivity contribution in [1.29, 1.82) is 5.26 Å². The molecule has 6 heteroatoms. The Kier molecular flexibility index (Phi) is 8.38. The summed E-state index contributed by atoms with van der Waals surface area (Å²) in [6.07, 6.45) is 4.13. The number of hydrogen-bond acceptors (Lipinski definition) is 4. The number of unbranched alkanes of at least 4 members (excludes halogenated alkanes) is 2. The lowest BCUT2D eigenvalue weighted by atomic mass is 9.91. The van der Waals surface area contributed by atoms with Crippen molar-refractivity contribution in [2.45, 2.75) is 58.4 Å². The number of rotatable bonds is 10. The summed E-state index contributed by atoms with van der Waals surface area (Å²) in [4.78, 5) is 14.4. The number of fused-ring (bicyclic) bond motifs is 1. The van der Waals surface area contributed by atoms with E-state index in [4.69, 9.17) is 4.74 Å². The Balaban J connectivity index is 1.84. The minimum Gasteiger partial charge on any atom is -0.494 e. The van der Waals surface area contributed by atoms with E-state index in [0.29, 0.717) is 13.2 Å². The molecule has 170 valence electrons. The molecule has 1 aliphatic heterocycles. The van der Waals surface area contributed by atoms with E-state index >= 15 is 0 Å². The summed E-state index contributed by atoms with van der Waals surface area (Å²) < 4.78 is 5.73. The molecule has 2 atom stereocenters. The van der Waals surface area contributed by atoms with Gasteiger partial charge in [-0.1, -0.05) is 44.9 Å². The fourth-order valence-electron chi connectivity index (χ4n) is 4.21. The lowest BCUT2D eigenvalue weighted by Gasteiger charge is -2.29. The second-order valence-electron chi connectivity index (χ2n) is 8.11. The number of carbonyl (C=O) groups is 1. The maximum absolute atomic E-state index is 12.0. The van der Waals surface area contributed by atoms with Gasteiger partial charge in [-0.3, -0.25) is 0 Å². The van der Waals surface area contributed by atoms with Crippen LogP contribution in [0, 0.1) is 11.3 Å². The van der Waals surface area contributed by atoms with Gasteiger partial charge in [-0.15, -0.1) is 0 Å². The van der Waals surface area contributed by atoms with Crippen LogP contribution < -0.4 is 20.3 Å². The largest absolute Gasteiger partial charge is 0.494 e. The van der Waals surface area contributed by atoms with E-state index in [1.54, 1.807) is 0 Å². The van der Waals surface area contributed by atoms with E-state index in [2.05, 4.69) is 41.5 Å². The Labute approximate surface area is 191 Å². The summed E-state index contributed by atoms with van der Waals surface area (Å²) in [5, 5.41) is 15.8. The molecule has 2 amide bonds. The first-order chi connectivity index (χ1) is 15.6. The van der Waals surface area contributed by atoms with Crippen LogP contribution >= 0.6 is 0 Å². The van der Waals surface area contributed by atoms with Crippen LogP contribution in [0.3, 0.4) is 0 Å². The van der Waals surface area contributed by atoms with Crippen molar-refractivity contribution in [2.75, 3.05) is 29.9 Å². The number of nitrogens with zero attached hydrogens (tertiary/aromatic N) is 2. The molecule has 2 aromatic rings. The van der Waals surface area contributed by atoms with Crippen LogP contribution in [0.1, 0.15) is 69.5 Å². The van der Waals surface area contributed by atoms with Gasteiger partial charge < -0.3 is 20.3 Å². The maximum Gasteiger partial charge on any atom is 0.319 e. The Morgan fingerprint density at radius 2 is 1.84 bits per heavy atom. The van der Waals surface area contributed by atoms with Gasteiger partial charge >= 0.3 is 6.03 Å². The molecule has 2 N–H and O–H groups in total. The minimum atomic E-state index is -0.256. The highest BCUT2D eigenvalue weighted by molar-refractivity contribution is 5.89. The van der Waals surface area contributed by atoms with Crippen LogP contribution in [0.2, 0.25) is 0 Å². The molecule has 1 aliphatic rings. The van der Waals surface area contributed by atoms with E-state index in [-0.39, 0.29) is 18.0 Å². The summed E-state index contributed by atoms with van der Waals surface area (Å²) in [5.74, 6) is 0.576. The number of amides is 2. The Morgan fingerprint density at radius 1 is 1.09 bits per heavy atom. The topological polar surface area (TPSA) is 77.4 Å². The molecule has 0 aromatic heterocycles. The maximum atomic E-state index is 12.0. The number of carbonyl (C=O) groups excluding carboxylic acids is 1. The van der Waals surface area contributed by atoms with Gasteiger partial charge in [0.2, 0.25) is 0 Å². The fraction of sp³-hybridized carbons (Fsp3) is 0.462. The number of anilines is 2. The average molecular weight is 435 g/mol. The molecule has 0 spiro atoms. The van der Waals surface area contributed by atoms with Gasteiger partial charge in [0.1, 0.15) is 5.75 Å². The molecule has 0 saturated heterocycles. The molecule has 0 aliphatic carbocycles. The first-order valence-corrected chi connectivity index (χ1v) is 11.7. The number of nitriles is 1. The zero-order chi connectivity index (χ0) is 22.9. The van der Waals surface area contributed by atoms with Crippen molar-refractivity contribution < 1.29 is 9.53 Å². The molecule has 3 rings (SSSR count).